The highest BCUT2D eigenvalue weighted by atomic mass is 16.4. The quantitative estimate of drug-likeness (QED) is 0.181. The first-order valence-corrected chi connectivity index (χ1v) is 18.4. The molecule has 2 heterocycles. The van der Waals surface area contributed by atoms with Gasteiger partial charge in [0.25, 0.3) is 0 Å². The molecule has 0 N–H and O–H groups in total. The van der Waals surface area contributed by atoms with E-state index in [-0.39, 0.29) is 11.8 Å². The van der Waals surface area contributed by atoms with Gasteiger partial charge in [-0.05, 0) is 81.9 Å². The van der Waals surface area contributed by atoms with E-state index < -0.39 is 5.41 Å². The Bertz CT molecular complexity index is 2790. The van der Waals surface area contributed by atoms with Crippen LogP contribution in [0.4, 0.5) is 0 Å². The van der Waals surface area contributed by atoms with E-state index >= 15 is 0 Å². The van der Waals surface area contributed by atoms with Gasteiger partial charge in [0.2, 0.25) is 5.89 Å². The van der Waals surface area contributed by atoms with Crippen LogP contribution in [0.25, 0.3) is 56.2 Å². The first-order chi connectivity index (χ1) is 26.3. The van der Waals surface area contributed by atoms with Crippen molar-refractivity contribution >= 4 is 27.9 Å². The largest absolute Gasteiger partial charge is 0.436 e. The highest BCUT2D eigenvalue weighted by Gasteiger charge is 2.56. The van der Waals surface area contributed by atoms with Crippen molar-refractivity contribution in [3.8, 4) is 28.3 Å². The van der Waals surface area contributed by atoms with Crippen molar-refractivity contribution in [1.82, 2.24) is 9.55 Å². The topological polar surface area (TPSA) is 31.0 Å². The number of hydrogen-bond acceptors (Lipinski definition) is 2. The van der Waals surface area contributed by atoms with Gasteiger partial charge in [-0.2, -0.15) is 0 Å². The van der Waals surface area contributed by atoms with Crippen LogP contribution >= 0.6 is 0 Å². The second-order valence-corrected chi connectivity index (χ2v) is 14.3. The molecule has 250 valence electrons. The van der Waals surface area contributed by atoms with Crippen LogP contribution in [-0.4, -0.2) is 9.55 Å². The van der Waals surface area contributed by atoms with E-state index in [9.17, 15) is 0 Å². The molecule has 2 atom stereocenters. The van der Waals surface area contributed by atoms with Crippen molar-refractivity contribution in [2.45, 2.75) is 17.3 Å². The van der Waals surface area contributed by atoms with Gasteiger partial charge in [0.15, 0.2) is 5.76 Å². The standard InChI is InChI=1S/C50H34N2O/c1-4-14-36(15-5-1)50(37-16-6-2-7-17-37)43-22-12-10-20-39(43)41-29-31-46-48(47(41)50)51-49(53-46)34-26-24-33(25-27-34)35-28-30-45-42(32-35)40-21-11-13-23-44(40)52(45)38-18-8-3-9-19-38/h1-32,41,47H. The Morgan fingerprint density at radius 2 is 1.13 bits per heavy atom. The maximum atomic E-state index is 6.66. The number of oxazole rings is 1. The first-order valence-electron chi connectivity index (χ1n) is 18.4. The molecular weight excluding hydrogens is 645 g/mol. The lowest BCUT2D eigenvalue weighted by Crippen LogP contribution is -2.35. The Morgan fingerprint density at radius 1 is 0.528 bits per heavy atom. The maximum absolute atomic E-state index is 6.66. The molecule has 0 aliphatic heterocycles. The molecule has 7 aromatic carbocycles. The number of rotatable bonds is 5. The van der Waals surface area contributed by atoms with E-state index in [1.54, 1.807) is 0 Å². The Kier molecular flexibility index (Phi) is 6.59. The number of aromatic nitrogens is 2. The lowest BCUT2D eigenvalue weighted by atomic mass is 9.62. The lowest BCUT2D eigenvalue weighted by Gasteiger charge is -2.39. The van der Waals surface area contributed by atoms with E-state index in [2.05, 4.69) is 199 Å². The van der Waals surface area contributed by atoms with Crippen LogP contribution in [0.5, 0.6) is 0 Å². The van der Waals surface area contributed by atoms with Crippen molar-refractivity contribution in [1.29, 1.82) is 0 Å². The van der Waals surface area contributed by atoms with Crippen LogP contribution in [-0.2, 0) is 5.41 Å². The van der Waals surface area contributed by atoms with Gasteiger partial charge in [-0.3, -0.25) is 0 Å². The van der Waals surface area contributed by atoms with Crippen LogP contribution in [0.15, 0.2) is 192 Å². The SMILES string of the molecule is C1=CC2c3ccccc3C(c3ccccc3)(c3ccccc3)C2c2nc(-c3ccc(-c4ccc5c(c4)c4ccccc4n5-c4ccccc4)cc3)oc21. The summed E-state index contributed by atoms with van der Waals surface area (Å²) in [4.78, 5) is 5.38. The molecule has 0 saturated heterocycles. The number of para-hydroxylation sites is 2. The molecule has 0 spiro atoms. The van der Waals surface area contributed by atoms with E-state index in [0.717, 1.165) is 28.3 Å². The summed E-state index contributed by atoms with van der Waals surface area (Å²) in [5.74, 6) is 1.70. The van der Waals surface area contributed by atoms with E-state index in [0.29, 0.717) is 5.89 Å². The third-order valence-corrected chi connectivity index (χ3v) is 11.6. The van der Waals surface area contributed by atoms with Gasteiger partial charge in [0, 0.05) is 33.9 Å². The molecule has 0 radical (unpaired) electrons. The Hall–Kier alpha value is -6.71. The third kappa shape index (κ3) is 4.37. The third-order valence-electron chi connectivity index (χ3n) is 11.6. The summed E-state index contributed by atoms with van der Waals surface area (Å²) in [6, 6.07) is 65.7. The average Bonchev–Trinajstić information content (AvgIpc) is 3.91. The van der Waals surface area contributed by atoms with Crippen LogP contribution < -0.4 is 0 Å². The Morgan fingerprint density at radius 3 is 1.89 bits per heavy atom. The monoisotopic (exact) mass is 678 g/mol. The summed E-state index contributed by atoms with van der Waals surface area (Å²) in [5, 5.41) is 2.49. The number of benzene rings is 7. The van der Waals surface area contributed by atoms with Gasteiger partial charge in [0.1, 0.15) is 0 Å². The van der Waals surface area contributed by atoms with Crippen LogP contribution in [0, 0.1) is 0 Å². The fraction of sp³-hybridized carbons (Fsp3) is 0.0600. The summed E-state index contributed by atoms with van der Waals surface area (Å²) < 4.78 is 9.01. The number of allylic oxidation sites excluding steroid dienone is 1. The van der Waals surface area contributed by atoms with Crippen molar-refractivity contribution in [2.24, 2.45) is 0 Å². The van der Waals surface area contributed by atoms with Crippen molar-refractivity contribution in [2.75, 3.05) is 0 Å². The summed E-state index contributed by atoms with van der Waals surface area (Å²) in [7, 11) is 0. The van der Waals surface area contributed by atoms with E-state index in [4.69, 9.17) is 9.40 Å². The fourth-order valence-corrected chi connectivity index (χ4v) is 9.41. The minimum absolute atomic E-state index is 0.0335. The molecule has 11 rings (SSSR count). The van der Waals surface area contributed by atoms with Crippen molar-refractivity contribution in [3.05, 3.63) is 222 Å². The van der Waals surface area contributed by atoms with Crippen LogP contribution in [0.3, 0.4) is 0 Å². The van der Waals surface area contributed by atoms with E-state index in [1.165, 1.54) is 49.6 Å². The molecule has 0 fully saturated rings. The molecular formula is C50H34N2O. The molecule has 2 aliphatic carbocycles. The van der Waals surface area contributed by atoms with E-state index in [1.807, 2.05) is 0 Å². The van der Waals surface area contributed by atoms with Crippen molar-refractivity contribution < 1.29 is 4.42 Å². The number of hydrogen-bond donors (Lipinski definition) is 0. The maximum Gasteiger partial charge on any atom is 0.226 e. The molecule has 0 amide bonds. The molecule has 3 nitrogen and oxygen atoms in total. The molecule has 2 aliphatic rings. The normalized spacial score (nSPS) is 16.8. The second-order valence-electron chi connectivity index (χ2n) is 14.3. The zero-order chi connectivity index (χ0) is 34.9. The average molecular weight is 679 g/mol. The molecule has 0 bridgehead atoms. The number of nitrogens with zero attached hydrogens (tertiary/aromatic N) is 2. The lowest BCUT2D eigenvalue weighted by molar-refractivity contribution is 0.469. The fourth-order valence-electron chi connectivity index (χ4n) is 9.41. The highest BCUT2D eigenvalue weighted by molar-refractivity contribution is 6.10. The predicted molar refractivity (Wildman–Crippen MR) is 215 cm³/mol. The van der Waals surface area contributed by atoms with Gasteiger partial charge in [0.05, 0.1) is 22.1 Å². The summed E-state index contributed by atoms with van der Waals surface area (Å²) in [5.41, 5.74) is 12.7. The summed E-state index contributed by atoms with van der Waals surface area (Å²) in [6.07, 6.45) is 4.48. The summed E-state index contributed by atoms with van der Waals surface area (Å²) >= 11 is 0. The van der Waals surface area contributed by atoms with Gasteiger partial charge in [-0.1, -0.05) is 146 Å². The Balaban J connectivity index is 1.01. The summed E-state index contributed by atoms with van der Waals surface area (Å²) in [6.45, 7) is 0. The van der Waals surface area contributed by atoms with Gasteiger partial charge in [-0.25, -0.2) is 4.98 Å². The molecule has 0 saturated carbocycles. The second kappa shape index (κ2) is 11.7. The highest BCUT2D eigenvalue weighted by Crippen LogP contribution is 2.64. The zero-order valence-electron chi connectivity index (χ0n) is 28.9. The molecule has 2 unspecified atom stereocenters. The Labute approximate surface area is 308 Å². The molecule has 53 heavy (non-hydrogen) atoms. The molecule has 3 heteroatoms. The first kappa shape index (κ1) is 30.0. The number of fused-ring (bicyclic) bond motifs is 8. The van der Waals surface area contributed by atoms with Gasteiger partial charge < -0.3 is 8.98 Å². The van der Waals surface area contributed by atoms with Gasteiger partial charge in [-0.15, -0.1) is 0 Å². The predicted octanol–water partition coefficient (Wildman–Crippen LogP) is 12.3. The molecule has 2 aromatic heterocycles. The smallest absolute Gasteiger partial charge is 0.226 e. The van der Waals surface area contributed by atoms with Gasteiger partial charge >= 0.3 is 0 Å². The zero-order valence-corrected chi connectivity index (χ0v) is 28.9. The van der Waals surface area contributed by atoms with Crippen LogP contribution in [0.2, 0.25) is 0 Å². The minimum Gasteiger partial charge on any atom is -0.436 e. The van der Waals surface area contributed by atoms with Crippen molar-refractivity contribution in [3.63, 3.8) is 0 Å². The molecule has 9 aromatic rings. The minimum atomic E-state index is -0.427. The van der Waals surface area contributed by atoms with Crippen LogP contribution in [0.1, 0.15) is 45.5 Å².